The zero-order valence-electron chi connectivity index (χ0n) is 16.4. The standard InChI is InChI=1S/C19H17F2N5O4S/c1-11-3-5-16(14(7-11)26(27)28)30-10-13-8-12(4-6-15(13)29-2)9-22-25-18(17(20)21)23-24-19(25)31/h3-9,17H,10H2,1-2H3,(H,24,31)/b22-9-. The molecule has 3 rings (SSSR count). The molecule has 0 radical (unpaired) electrons. The quantitative estimate of drug-likeness (QED) is 0.234. The monoisotopic (exact) mass is 449 g/mol. The first-order chi connectivity index (χ1) is 14.8. The third-order valence-corrected chi connectivity index (χ3v) is 4.46. The number of aromatic amines is 1. The molecule has 0 saturated carbocycles. The van der Waals surface area contributed by atoms with Crippen LogP contribution in [0, 0.1) is 21.8 Å². The number of nitrogens with zero attached hydrogens (tertiary/aromatic N) is 4. The molecule has 0 aliphatic rings. The van der Waals surface area contributed by atoms with Crippen LogP contribution in [0.1, 0.15) is 28.9 Å². The van der Waals surface area contributed by atoms with Gasteiger partial charge in [0.2, 0.25) is 10.6 Å². The first kappa shape index (κ1) is 22.0. The second-order valence-corrected chi connectivity index (χ2v) is 6.72. The van der Waals surface area contributed by atoms with Gasteiger partial charge in [0.25, 0.3) is 6.43 Å². The Kier molecular flexibility index (Phi) is 6.70. The number of aryl methyl sites for hydroxylation is 1. The molecule has 0 spiro atoms. The van der Waals surface area contributed by atoms with E-state index in [9.17, 15) is 18.9 Å². The van der Waals surface area contributed by atoms with E-state index in [1.54, 1.807) is 31.2 Å². The molecule has 0 saturated heterocycles. The highest BCUT2D eigenvalue weighted by Gasteiger charge is 2.17. The van der Waals surface area contributed by atoms with E-state index < -0.39 is 17.2 Å². The second-order valence-electron chi connectivity index (χ2n) is 6.33. The van der Waals surface area contributed by atoms with Gasteiger partial charge in [0.1, 0.15) is 12.4 Å². The molecule has 1 aromatic heterocycles. The molecule has 0 aliphatic carbocycles. The van der Waals surface area contributed by atoms with Crippen LogP contribution in [-0.4, -0.2) is 33.1 Å². The second kappa shape index (κ2) is 9.43. The Morgan fingerprint density at radius 2 is 2.06 bits per heavy atom. The summed E-state index contributed by atoms with van der Waals surface area (Å²) in [4.78, 5) is 10.8. The zero-order valence-corrected chi connectivity index (χ0v) is 17.2. The maximum absolute atomic E-state index is 13.0. The van der Waals surface area contributed by atoms with Gasteiger partial charge in [0.15, 0.2) is 5.75 Å². The van der Waals surface area contributed by atoms with Crippen molar-refractivity contribution in [1.82, 2.24) is 14.9 Å². The first-order valence-electron chi connectivity index (χ1n) is 8.84. The number of rotatable bonds is 8. The minimum atomic E-state index is -2.85. The summed E-state index contributed by atoms with van der Waals surface area (Å²) in [5.41, 5.74) is 1.70. The summed E-state index contributed by atoms with van der Waals surface area (Å²) in [5, 5.41) is 21.0. The van der Waals surface area contributed by atoms with Crippen LogP contribution >= 0.6 is 12.2 Å². The summed E-state index contributed by atoms with van der Waals surface area (Å²) in [6.45, 7) is 1.72. The predicted octanol–water partition coefficient (Wildman–Crippen LogP) is 4.56. The van der Waals surface area contributed by atoms with Crippen molar-refractivity contribution >= 4 is 24.1 Å². The van der Waals surface area contributed by atoms with E-state index in [4.69, 9.17) is 21.7 Å². The smallest absolute Gasteiger partial charge is 0.311 e. The number of nitro groups is 1. The summed E-state index contributed by atoms with van der Waals surface area (Å²) in [7, 11) is 1.47. The number of nitro benzene ring substituents is 1. The van der Waals surface area contributed by atoms with Crippen LogP contribution in [-0.2, 0) is 6.61 Å². The van der Waals surface area contributed by atoms with Gasteiger partial charge in [-0.15, -0.1) is 0 Å². The number of ether oxygens (including phenoxy) is 2. The number of methoxy groups -OCH3 is 1. The van der Waals surface area contributed by atoms with Crippen molar-refractivity contribution in [3.05, 3.63) is 73.8 Å². The maximum atomic E-state index is 13.0. The minimum absolute atomic E-state index is 0.0256. The number of H-pyrrole nitrogens is 1. The van der Waals surface area contributed by atoms with Gasteiger partial charge in [0, 0.05) is 11.6 Å². The van der Waals surface area contributed by atoms with Crippen LogP contribution in [0.5, 0.6) is 11.5 Å². The molecular weight excluding hydrogens is 432 g/mol. The number of alkyl halides is 2. The van der Waals surface area contributed by atoms with E-state index >= 15 is 0 Å². The van der Waals surface area contributed by atoms with Crippen molar-refractivity contribution in [1.29, 1.82) is 0 Å². The number of benzene rings is 2. The summed E-state index contributed by atoms with van der Waals surface area (Å²) in [5.74, 6) is -0.00638. The van der Waals surface area contributed by atoms with E-state index in [-0.39, 0.29) is 22.8 Å². The summed E-state index contributed by atoms with van der Waals surface area (Å²) in [6, 6.07) is 9.62. The van der Waals surface area contributed by atoms with Gasteiger partial charge in [-0.3, -0.25) is 10.1 Å². The lowest BCUT2D eigenvalue weighted by Gasteiger charge is -2.11. The average molecular weight is 449 g/mol. The number of halogens is 2. The molecule has 12 heteroatoms. The fourth-order valence-corrected chi connectivity index (χ4v) is 2.91. The van der Waals surface area contributed by atoms with Crippen molar-refractivity contribution in [3.63, 3.8) is 0 Å². The lowest BCUT2D eigenvalue weighted by Crippen LogP contribution is -2.03. The van der Waals surface area contributed by atoms with Crippen molar-refractivity contribution in [2.75, 3.05) is 7.11 Å². The Morgan fingerprint density at radius 3 is 2.74 bits per heavy atom. The number of hydrogen-bond acceptors (Lipinski definition) is 7. The van der Waals surface area contributed by atoms with E-state index in [0.717, 1.165) is 10.2 Å². The molecule has 162 valence electrons. The normalized spacial score (nSPS) is 11.3. The summed E-state index contributed by atoms with van der Waals surface area (Å²) < 4.78 is 37.7. The average Bonchev–Trinajstić information content (AvgIpc) is 3.11. The summed E-state index contributed by atoms with van der Waals surface area (Å²) in [6.07, 6.45) is -1.52. The number of nitrogens with one attached hydrogen (secondary N) is 1. The predicted molar refractivity (Wildman–Crippen MR) is 111 cm³/mol. The van der Waals surface area contributed by atoms with Gasteiger partial charge in [-0.25, -0.2) is 13.9 Å². The van der Waals surface area contributed by atoms with Crippen molar-refractivity contribution < 1.29 is 23.2 Å². The Morgan fingerprint density at radius 1 is 1.32 bits per heavy atom. The van der Waals surface area contributed by atoms with Crippen molar-refractivity contribution in [2.24, 2.45) is 5.10 Å². The Balaban J connectivity index is 1.86. The van der Waals surface area contributed by atoms with Crippen LogP contribution in [0.15, 0.2) is 41.5 Å². The summed E-state index contributed by atoms with van der Waals surface area (Å²) >= 11 is 4.91. The molecule has 1 heterocycles. The van der Waals surface area contributed by atoms with Crippen LogP contribution < -0.4 is 9.47 Å². The largest absolute Gasteiger partial charge is 0.496 e. The van der Waals surface area contributed by atoms with Crippen molar-refractivity contribution in [2.45, 2.75) is 20.0 Å². The minimum Gasteiger partial charge on any atom is -0.496 e. The van der Waals surface area contributed by atoms with Crippen LogP contribution in [0.3, 0.4) is 0 Å². The fourth-order valence-electron chi connectivity index (χ4n) is 2.72. The highest BCUT2D eigenvalue weighted by atomic mass is 32.1. The molecule has 0 fully saturated rings. The maximum Gasteiger partial charge on any atom is 0.311 e. The molecule has 0 bridgehead atoms. The molecule has 31 heavy (non-hydrogen) atoms. The SMILES string of the molecule is COc1ccc(/C=N\n2c(C(F)F)n[nH]c2=S)cc1COc1ccc(C)cc1[N+](=O)[O-]. The molecule has 0 aliphatic heterocycles. The van der Waals surface area contributed by atoms with E-state index in [0.29, 0.717) is 16.9 Å². The van der Waals surface area contributed by atoms with Gasteiger partial charge in [-0.2, -0.15) is 14.9 Å². The topological polar surface area (TPSA) is 108 Å². The highest BCUT2D eigenvalue weighted by molar-refractivity contribution is 7.71. The third kappa shape index (κ3) is 5.09. The lowest BCUT2D eigenvalue weighted by molar-refractivity contribution is -0.386. The van der Waals surface area contributed by atoms with Gasteiger partial charge in [0.05, 0.1) is 18.2 Å². The van der Waals surface area contributed by atoms with Crippen LogP contribution in [0.25, 0.3) is 0 Å². The Bertz CT molecular complexity index is 1190. The van der Waals surface area contributed by atoms with Crippen LogP contribution in [0.4, 0.5) is 14.5 Å². The molecule has 0 amide bonds. The van der Waals surface area contributed by atoms with Gasteiger partial charge in [-0.05, 0) is 54.5 Å². The lowest BCUT2D eigenvalue weighted by atomic mass is 10.1. The molecule has 3 aromatic rings. The Labute approximate surface area is 180 Å². The van der Waals surface area contributed by atoms with Gasteiger partial charge >= 0.3 is 5.69 Å². The van der Waals surface area contributed by atoms with Gasteiger partial charge < -0.3 is 9.47 Å². The molecule has 1 N–H and O–H groups in total. The fraction of sp³-hybridized carbons (Fsp3) is 0.211. The highest BCUT2D eigenvalue weighted by Crippen LogP contribution is 2.30. The van der Waals surface area contributed by atoms with Gasteiger partial charge in [-0.1, -0.05) is 6.07 Å². The zero-order chi connectivity index (χ0) is 22.5. The molecule has 0 unspecified atom stereocenters. The first-order valence-corrected chi connectivity index (χ1v) is 9.25. The van der Waals surface area contributed by atoms with Crippen molar-refractivity contribution in [3.8, 4) is 11.5 Å². The van der Waals surface area contributed by atoms with Crippen LogP contribution in [0.2, 0.25) is 0 Å². The molecule has 9 nitrogen and oxygen atoms in total. The Hall–Kier alpha value is -3.67. The molecule has 2 aromatic carbocycles. The molecule has 0 atom stereocenters. The van der Waals surface area contributed by atoms with E-state index in [1.807, 2.05) is 0 Å². The van der Waals surface area contributed by atoms with E-state index in [2.05, 4.69) is 15.3 Å². The number of hydrogen-bond donors (Lipinski definition) is 1. The number of aromatic nitrogens is 3. The van der Waals surface area contributed by atoms with E-state index in [1.165, 1.54) is 25.5 Å². The molecular formula is C19H17F2N5O4S. The third-order valence-electron chi connectivity index (χ3n) is 4.19.